The molecule has 0 aromatic heterocycles. The van der Waals surface area contributed by atoms with E-state index in [0.29, 0.717) is 11.3 Å². The van der Waals surface area contributed by atoms with Gasteiger partial charge in [-0.2, -0.15) is 0 Å². The molecule has 8 heavy (non-hydrogen) atoms. The largest absolute Gasteiger partial charge is 0.308 e. The first-order valence-electron chi connectivity index (χ1n) is 2.44. The van der Waals surface area contributed by atoms with Gasteiger partial charge in [-0.25, -0.2) is 0 Å². The number of nitrogens with one attached hydrogen (secondary N) is 2. The summed E-state index contributed by atoms with van der Waals surface area (Å²) in [6.07, 6.45) is 2.93. The highest BCUT2D eigenvalue weighted by molar-refractivity contribution is 6.12. The van der Waals surface area contributed by atoms with Gasteiger partial charge in [-0.05, 0) is 13.8 Å². The molecule has 0 aliphatic heterocycles. The van der Waals surface area contributed by atoms with Crippen molar-refractivity contribution in [3.8, 4) is 0 Å². The fraction of sp³-hybridized carbons (Fsp3) is 0.333. The molecule has 0 heterocycles. The number of rotatable bonds is 2. The molecule has 0 atom stereocenters. The van der Waals surface area contributed by atoms with E-state index < -0.39 is 0 Å². The third-order valence-electron chi connectivity index (χ3n) is 0.900. The van der Waals surface area contributed by atoms with Gasteiger partial charge in [0.05, 0.1) is 0 Å². The van der Waals surface area contributed by atoms with Gasteiger partial charge in [0.1, 0.15) is 0 Å². The summed E-state index contributed by atoms with van der Waals surface area (Å²) in [6, 6.07) is 0. The second kappa shape index (κ2) is 3.13. The van der Waals surface area contributed by atoms with Crippen LogP contribution in [0, 0.1) is 10.8 Å². The van der Waals surface area contributed by atoms with Gasteiger partial charge < -0.3 is 10.8 Å². The maximum atomic E-state index is 7.03. The Kier molecular flexibility index (Phi) is 2.77. The van der Waals surface area contributed by atoms with Crippen LogP contribution in [-0.4, -0.2) is 11.9 Å². The summed E-state index contributed by atoms with van der Waals surface area (Å²) >= 11 is 0. The molecule has 2 nitrogen and oxygen atoms in total. The molecule has 0 fully saturated rings. The van der Waals surface area contributed by atoms with Crippen LogP contribution in [0.1, 0.15) is 13.8 Å². The summed E-state index contributed by atoms with van der Waals surface area (Å²) in [5, 5.41) is 13.8. The summed E-state index contributed by atoms with van der Waals surface area (Å²) in [7, 11) is 0. The lowest BCUT2D eigenvalue weighted by atomic mass is 10.2. The van der Waals surface area contributed by atoms with Crippen molar-refractivity contribution < 1.29 is 0 Å². The van der Waals surface area contributed by atoms with Gasteiger partial charge in [0.25, 0.3) is 0 Å². The molecule has 0 bridgehead atoms. The van der Waals surface area contributed by atoms with Crippen molar-refractivity contribution in [2.45, 2.75) is 13.8 Å². The zero-order valence-corrected chi connectivity index (χ0v) is 5.15. The molecule has 2 heteroatoms. The Balaban J connectivity index is 4.13. The Morgan fingerprint density at radius 2 is 2.00 bits per heavy atom. The molecule has 0 radical (unpaired) electrons. The first kappa shape index (κ1) is 7.08. The molecule has 0 spiro atoms. The molecule has 2 N–H and O–H groups in total. The highest BCUT2D eigenvalue weighted by Crippen LogP contribution is 1.89. The smallest absolute Gasteiger partial charge is 0.0367 e. The topological polar surface area (TPSA) is 47.7 Å². The van der Waals surface area contributed by atoms with Crippen LogP contribution in [0.15, 0.2) is 11.6 Å². The van der Waals surface area contributed by atoms with Gasteiger partial charge in [-0.1, -0.05) is 6.08 Å². The fourth-order valence-corrected chi connectivity index (χ4v) is 0.408. The van der Waals surface area contributed by atoms with Crippen LogP contribution in [0.4, 0.5) is 0 Å². The second-order valence-electron chi connectivity index (χ2n) is 1.51. The van der Waals surface area contributed by atoms with E-state index in [9.17, 15) is 0 Å². The standard InChI is InChI=1S/C6H10N2/c1-3-6(4-7)5(2)8/h3-4,7-8H,1-2H3/b6-3+,7-4?,8-5?. The molecule has 0 unspecified atom stereocenters. The van der Waals surface area contributed by atoms with Gasteiger partial charge in [-0.15, -0.1) is 0 Å². The summed E-state index contributed by atoms with van der Waals surface area (Å²) in [5.41, 5.74) is 1.13. The summed E-state index contributed by atoms with van der Waals surface area (Å²) in [5.74, 6) is 0. The molecule has 0 amide bonds. The number of hydrogen-bond donors (Lipinski definition) is 2. The zero-order chi connectivity index (χ0) is 6.57. The lowest BCUT2D eigenvalue weighted by Gasteiger charge is -1.90. The van der Waals surface area contributed by atoms with Crippen molar-refractivity contribution in [2.24, 2.45) is 0 Å². The molecular weight excluding hydrogens is 100 g/mol. The minimum atomic E-state index is 0.447. The van der Waals surface area contributed by atoms with Crippen LogP contribution in [0.2, 0.25) is 0 Å². The van der Waals surface area contributed by atoms with Crippen LogP contribution in [0.5, 0.6) is 0 Å². The average molecular weight is 110 g/mol. The first-order chi connectivity index (χ1) is 3.72. The van der Waals surface area contributed by atoms with Gasteiger partial charge >= 0.3 is 0 Å². The monoisotopic (exact) mass is 110 g/mol. The van der Waals surface area contributed by atoms with Crippen LogP contribution in [0.25, 0.3) is 0 Å². The number of hydrogen-bond acceptors (Lipinski definition) is 2. The van der Waals surface area contributed by atoms with Crippen molar-refractivity contribution in [3.63, 3.8) is 0 Å². The van der Waals surface area contributed by atoms with E-state index in [4.69, 9.17) is 10.8 Å². The van der Waals surface area contributed by atoms with E-state index in [1.165, 1.54) is 6.21 Å². The minimum Gasteiger partial charge on any atom is -0.308 e. The molecule has 0 aliphatic rings. The van der Waals surface area contributed by atoms with E-state index in [1.807, 2.05) is 6.92 Å². The second-order valence-corrected chi connectivity index (χ2v) is 1.51. The molecule has 44 valence electrons. The van der Waals surface area contributed by atoms with Crippen molar-refractivity contribution in [1.82, 2.24) is 0 Å². The normalized spacial score (nSPS) is 11.0. The highest BCUT2D eigenvalue weighted by atomic mass is 14.4. The molecule has 0 rings (SSSR count). The van der Waals surface area contributed by atoms with E-state index in [-0.39, 0.29) is 0 Å². The van der Waals surface area contributed by atoms with E-state index in [1.54, 1.807) is 13.0 Å². The lowest BCUT2D eigenvalue weighted by Crippen LogP contribution is -1.94. The van der Waals surface area contributed by atoms with Gasteiger partial charge in [0, 0.05) is 17.5 Å². The Bertz CT molecular complexity index is 133. The van der Waals surface area contributed by atoms with E-state index >= 15 is 0 Å². The Morgan fingerprint density at radius 1 is 1.50 bits per heavy atom. The van der Waals surface area contributed by atoms with E-state index in [0.717, 1.165) is 0 Å². The minimum absolute atomic E-state index is 0.447. The van der Waals surface area contributed by atoms with Crippen LogP contribution >= 0.6 is 0 Å². The third-order valence-corrected chi connectivity index (χ3v) is 0.900. The predicted octanol–water partition coefficient (Wildman–Crippen LogP) is 1.62. The van der Waals surface area contributed by atoms with Crippen molar-refractivity contribution in [3.05, 3.63) is 11.6 Å². The Morgan fingerprint density at radius 3 is 2.00 bits per heavy atom. The number of allylic oxidation sites excluding steroid dienone is 2. The van der Waals surface area contributed by atoms with Crippen molar-refractivity contribution >= 4 is 11.9 Å². The van der Waals surface area contributed by atoms with Gasteiger partial charge in [0.15, 0.2) is 0 Å². The molecule has 0 aromatic carbocycles. The van der Waals surface area contributed by atoms with Crippen LogP contribution in [0.3, 0.4) is 0 Å². The molecule has 0 aliphatic carbocycles. The maximum Gasteiger partial charge on any atom is 0.0367 e. The molecule has 0 aromatic rings. The molecule has 0 saturated heterocycles. The van der Waals surface area contributed by atoms with Crippen molar-refractivity contribution in [2.75, 3.05) is 0 Å². The Labute approximate surface area is 49.2 Å². The average Bonchev–Trinajstić information content (AvgIpc) is 1.69. The van der Waals surface area contributed by atoms with Gasteiger partial charge in [0.2, 0.25) is 0 Å². The fourth-order valence-electron chi connectivity index (χ4n) is 0.408. The van der Waals surface area contributed by atoms with Crippen LogP contribution < -0.4 is 0 Å². The predicted molar refractivity (Wildman–Crippen MR) is 35.9 cm³/mol. The summed E-state index contributed by atoms with van der Waals surface area (Å²) < 4.78 is 0. The highest BCUT2D eigenvalue weighted by Gasteiger charge is 1.89. The van der Waals surface area contributed by atoms with Gasteiger partial charge in [-0.3, -0.25) is 0 Å². The van der Waals surface area contributed by atoms with E-state index in [2.05, 4.69) is 0 Å². The lowest BCUT2D eigenvalue weighted by molar-refractivity contribution is 1.46. The summed E-state index contributed by atoms with van der Waals surface area (Å²) in [4.78, 5) is 0. The third kappa shape index (κ3) is 1.69. The van der Waals surface area contributed by atoms with Crippen LogP contribution in [-0.2, 0) is 0 Å². The summed E-state index contributed by atoms with van der Waals surface area (Å²) in [6.45, 7) is 3.48. The first-order valence-corrected chi connectivity index (χ1v) is 2.44. The molecular formula is C6H10N2. The molecule has 0 saturated carbocycles. The maximum absolute atomic E-state index is 7.03. The Hall–Kier alpha value is -0.920. The zero-order valence-electron chi connectivity index (χ0n) is 5.15. The quantitative estimate of drug-likeness (QED) is 0.507. The SMILES string of the molecule is C/C=C(\C=N)C(C)=N. The van der Waals surface area contributed by atoms with Crippen molar-refractivity contribution in [1.29, 1.82) is 10.8 Å².